The summed E-state index contributed by atoms with van der Waals surface area (Å²) >= 11 is 0. The lowest BCUT2D eigenvalue weighted by atomic mass is 9.86. The van der Waals surface area contributed by atoms with Gasteiger partial charge in [0.2, 0.25) is 0 Å². The summed E-state index contributed by atoms with van der Waals surface area (Å²) in [6.07, 6.45) is -0.652. The third kappa shape index (κ3) is 4.23. The van der Waals surface area contributed by atoms with Gasteiger partial charge in [0.25, 0.3) is 0 Å². The van der Waals surface area contributed by atoms with Gasteiger partial charge in [-0.2, -0.15) is 0 Å². The Kier molecular flexibility index (Phi) is 4.53. The fourth-order valence-electron chi connectivity index (χ4n) is 2.08. The third-order valence-electron chi connectivity index (χ3n) is 3.43. The first kappa shape index (κ1) is 15.4. The van der Waals surface area contributed by atoms with E-state index in [1.807, 2.05) is 24.3 Å². The molecule has 2 aromatic carbocycles. The molecule has 21 heavy (non-hydrogen) atoms. The Labute approximate surface area is 126 Å². The minimum absolute atomic E-state index is 0.113. The zero-order chi connectivity index (χ0) is 15.5. The highest BCUT2D eigenvalue weighted by atomic mass is 16.5. The second-order valence-electron chi connectivity index (χ2n) is 6.27. The van der Waals surface area contributed by atoms with Crippen LogP contribution in [-0.2, 0) is 5.41 Å². The summed E-state index contributed by atoms with van der Waals surface area (Å²) in [4.78, 5) is 0. The van der Waals surface area contributed by atoms with E-state index in [9.17, 15) is 5.11 Å². The van der Waals surface area contributed by atoms with Gasteiger partial charge in [0.15, 0.2) is 0 Å². The van der Waals surface area contributed by atoms with Gasteiger partial charge in [0.1, 0.15) is 18.5 Å². The second kappa shape index (κ2) is 6.19. The number of nitrogen functional groups attached to an aromatic ring is 1. The van der Waals surface area contributed by atoms with Crippen molar-refractivity contribution in [3.63, 3.8) is 0 Å². The van der Waals surface area contributed by atoms with Gasteiger partial charge >= 0.3 is 0 Å². The lowest BCUT2D eigenvalue weighted by Crippen LogP contribution is -2.13. The van der Waals surface area contributed by atoms with Gasteiger partial charge < -0.3 is 15.6 Å². The van der Waals surface area contributed by atoms with Gasteiger partial charge in [-0.3, -0.25) is 0 Å². The van der Waals surface area contributed by atoms with Gasteiger partial charge in [-0.25, -0.2) is 0 Å². The van der Waals surface area contributed by atoms with Gasteiger partial charge in [-0.05, 0) is 28.7 Å². The highest BCUT2D eigenvalue weighted by molar-refractivity contribution is 5.43. The summed E-state index contributed by atoms with van der Waals surface area (Å²) < 4.78 is 5.57. The van der Waals surface area contributed by atoms with Crippen LogP contribution in [0.1, 0.15) is 38.0 Å². The molecule has 2 rings (SSSR count). The van der Waals surface area contributed by atoms with Crippen LogP contribution in [0.2, 0.25) is 0 Å². The maximum absolute atomic E-state index is 10.2. The van der Waals surface area contributed by atoms with Crippen molar-refractivity contribution in [2.75, 3.05) is 12.3 Å². The van der Waals surface area contributed by atoms with Crippen molar-refractivity contribution in [3.8, 4) is 5.75 Å². The fraction of sp³-hybridized carbons (Fsp3) is 0.333. The Morgan fingerprint density at radius 1 is 1.10 bits per heavy atom. The van der Waals surface area contributed by atoms with E-state index in [1.54, 1.807) is 12.1 Å². The average Bonchev–Trinajstić information content (AvgIpc) is 2.44. The number of hydrogen-bond acceptors (Lipinski definition) is 3. The van der Waals surface area contributed by atoms with Crippen molar-refractivity contribution in [3.05, 3.63) is 59.7 Å². The van der Waals surface area contributed by atoms with E-state index in [0.717, 1.165) is 5.56 Å². The molecule has 0 bridgehead atoms. The Morgan fingerprint density at radius 3 is 2.33 bits per heavy atom. The van der Waals surface area contributed by atoms with Crippen molar-refractivity contribution in [2.45, 2.75) is 32.3 Å². The van der Waals surface area contributed by atoms with E-state index in [0.29, 0.717) is 11.4 Å². The summed E-state index contributed by atoms with van der Waals surface area (Å²) in [5.41, 5.74) is 8.55. The number of rotatable bonds is 4. The molecule has 1 unspecified atom stereocenters. The van der Waals surface area contributed by atoms with E-state index in [2.05, 4.69) is 32.9 Å². The molecule has 3 N–H and O–H groups in total. The normalized spacial score (nSPS) is 13.0. The van der Waals surface area contributed by atoms with Crippen LogP contribution in [0.5, 0.6) is 5.75 Å². The molecule has 0 saturated heterocycles. The predicted molar refractivity (Wildman–Crippen MR) is 86.5 cm³/mol. The number of nitrogens with two attached hydrogens (primary N) is 1. The Hall–Kier alpha value is -2.00. The van der Waals surface area contributed by atoms with Crippen LogP contribution in [0, 0.1) is 0 Å². The molecule has 0 radical (unpaired) electrons. The highest BCUT2D eigenvalue weighted by Gasteiger charge is 2.14. The molecule has 0 aliphatic rings. The molecular formula is C18H23NO2. The average molecular weight is 285 g/mol. The van der Waals surface area contributed by atoms with E-state index in [1.165, 1.54) is 5.56 Å². The standard InChI is InChI=1S/C18H23NO2/c1-18(2,3)14-9-7-13(8-10-14)17(20)12-21-16-6-4-5-15(19)11-16/h4-11,17,20H,12,19H2,1-3H3. The molecule has 2 aromatic rings. The molecule has 0 saturated carbocycles. The zero-order valence-electron chi connectivity index (χ0n) is 12.8. The second-order valence-corrected chi connectivity index (χ2v) is 6.27. The number of benzene rings is 2. The minimum Gasteiger partial charge on any atom is -0.490 e. The molecule has 0 spiro atoms. The topological polar surface area (TPSA) is 55.5 Å². The maximum Gasteiger partial charge on any atom is 0.121 e. The molecule has 3 heteroatoms. The molecule has 0 aliphatic carbocycles. The quantitative estimate of drug-likeness (QED) is 0.843. The van der Waals surface area contributed by atoms with Crippen LogP contribution in [0.25, 0.3) is 0 Å². The smallest absolute Gasteiger partial charge is 0.121 e. The Morgan fingerprint density at radius 2 is 1.76 bits per heavy atom. The zero-order valence-corrected chi connectivity index (χ0v) is 12.8. The van der Waals surface area contributed by atoms with E-state index in [4.69, 9.17) is 10.5 Å². The van der Waals surface area contributed by atoms with Gasteiger partial charge in [-0.15, -0.1) is 0 Å². The molecule has 0 aliphatic heterocycles. The van der Waals surface area contributed by atoms with Crippen LogP contribution < -0.4 is 10.5 Å². The third-order valence-corrected chi connectivity index (χ3v) is 3.43. The SMILES string of the molecule is CC(C)(C)c1ccc(C(O)COc2cccc(N)c2)cc1. The summed E-state index contributed by atoms with van der Waals surface area (Å²) in [7, 11) is 0. The van der Waals surface area contributed by atoms with Gasteiger partial charge in [-0.1, -0.05) is 51.1 Å². The summed E-state index contributed by atoms with van der Waals surface area (Å²) in [5, 5.41) is 10.2. The van der Waals surface area contributed by atoms with Crippen molar-refractivity contribution in [1.82, 2.24) is 0 Å². The number of aliphatic hydroxyl groups is 1. The highest BCUT2D eigenvalue weighted by Crippen LogP contribution is 2.24. The van der Waals surface area contributed by atoms with Crippen molar-refractivity contribution in [2.24, 2.45) is 0 Å². The van der Waals surface area contributed by atoms with Crippen molar-refractivity contribution < 1.29 is 9.84 Å². The molecule has 3 nitrogen and oxygen atoms in total. The first-order chi connectivity index (χ1) is 9.86. The van der Waals surface area contributed by atoms with Crippen LogP contribution in [0.15, 0.2) is 48.5 Å². The molecule has 0 aromatic heterocycles. The van der Waals surface area contributed by atoms with E-state index in [-0.39, 0.29) is 12.0 Å². The Balaban J connectivity index is 1.99. The number of hydrogen-bond donors (Lipinski definition) is 2. The largest absolute Gasteiger partial charge is 0.490 e. The molecule has 1 atom stereocenters. The summed E-state index contributed by atoms with van der Waals surface area (Å²) in [5.74, 6) is 0.667. The Bertz CT molecular complexity index is 585. The lowest BCUT2D eigenvalue weighted by molar-refractivity contribution is 0.108. The molecule has 0 heterocycles. The van der Waals surface area contributed by atoms with Crippen molar-refractivity contribution >= 4 is 5.69 Å². The first-order valence-electron chi connectivity index (χ1n) is 7.13. The monoisotopic (exact) mass is 285 g/mol. The van der Waals surface area contributed by atoms with Crippen LogP contribution in [0.3, 0.4) is 0 Å². The van der Waals surface area contributed by atoms with E-state index >= 15 is 0 Å². The molecule has 0 amide bonds. The van der Waals surface area contributed by atoms with Gasteiger partial charge in [0, 0.05) is 11.8 Å². The fourth-order valence-corrected chi connectivity index (χ4v) is 2.08. The summed E-state index contributed by atoms with van der Waals surface area (Å²) in [6, 6.07) is 15.2. The number of ether oxygens (including phenoxy) is 1. The lowest BCUT2D eigenvalue weighted by Gasteiger charge is -2.20. The van der Waals surface area contributed by atoms with Crippen LogP contribution in [0.4, 0.5) is 5.69 Å². The molecular weight excluding hydrogens is 262 g/mol. The van der Waals surface area contributed by atoms with Crippen molar-refractivity contribution in [1.29, 1.82) is 0 Å². The predicted octanol–water partition coefficient (Wildman–Crippen LogP) is 3.68. The minimum atomic E-state index is -0.652. The maximum atomic E-state index is 10.2. The molecule has 112 valence electrons. The van der Waals surface area contributed by atoms with Crippen LogP contribution >= 0.6 is 0 Å². The van der Waals surface area contributed by atoms with E-state index < -0.39 is 6.10 Å². The number of aliphatic hydroxyl groups excluding tert-OH is 1. The molecule has 0 fully saturated rings. The van der Waals surface area contributed by atoms with Gasteiger partial charge in [0.05, 0.1) is 0 Å². The first-order valence-corrected chi connectivity index (χ1v) is 7.13. The number of anilines is 1. The summed E-state index contributed by atoms with van der Waals surface area (Å²) in [6.45, 7) is 6.71. The van der Waals surface area contributed by atoms with Crippen LogP contribution in [-0.4, -0.2) is 11.7 Å².